The first-order valence-electron chi connectivity index (χ1n) is 5.05. The summed E-state index contributed by atoms with van der Waals surface area (Å²) < 4.78 is 5.73. The lowest BCUT2D eigenvalue weighted by atomic mass is 10.3. The fourth-order valence-corrected chi connectivity index (χ4v) is 1.91. The van der Waals surface area contributed by atoms with Crippen LogP contribution in [0.1, 0.15) is 31.2 Å². The number of aromatic nitrogens is 2. The summed E-state index contributed by atoms with van der Waals surface area (Å²) in [6.45, 7) is 0. The van der Waals surface area contributed by atoms with E-state index in [4.69, 9.17) is 22.7 Å². The Bertz CT molecular complexity index is 363. The van der Waals surface area contributed by atoms with Crippen molar-refractivity contribution in [2.75, 3.05) is 0 Å². The first-order valence-corrected chi connectivity index (χ1v) is 5.46. The molecule has 2 rings (SSSR count). The van der Waals surface area contributed by atoms with E-state index in [1.54, 1.807) is 12.3 Å². The summed E-state index contributed by atoms with van der Waals surface area (Å²) in [4.78, 5) is 0.304. The van der Waals surface area contributed by atoms with E-state index in [1.165, 1.54) is 12.8 Å². The van der Waals surface area contributed by atoms with Crippen LogP contribution in [0.4, 0.5) is 0 Å². The van der Waals surface area contributed by atoms with Crippen LogP contribution in [-0.2, 0) is 0 Å². The van der Waals surface area contributed by atoms with Crippen molar-refractivity contribution in [1.82, 2.24) is 10.2 Å². The molecule has 1 aromatic rings. The second-order valence-corrected chi connectivity index (χ2v) is 4.08. The third kappa shape index (κ3) is 2.41. The van der Waals surface area contributed by atoms with Gasteiger partial charge in [-0.2, -0.15) is 5.10 Å². The predicted octanol–water partition coefficient (Wildman–Crippen LogP) is 1.43. The van der Waals surface area contributed by atoms with E-state index in [0.717, 1.165) is 12.8 Å². The highest BCUT2D eigenvalue weighted by Gasteiger charge is 2.19. The van der Waals surface area contributed by atoms with Crippen molar-refractivity contribution < 1.29 is 4.74 Å². The van der Waals surface area contributed by atoms with Gasteiger partial charge in [0.15, 0.2) is 0 Å². The summed E-state index contributed by atoms with van der Waals surface area (Å²) in [6, 6.07) is 1.74. The van der Waals surface area contributed by atoms with E-state index >= 15 is 0 Å². The van der Waals surface area contributed by atoms with E-state index in [9.17, 15) is 0 Å². The normalized spacial score (nSPS) is 16.5. The van der Waals surface area contributed by atoms with Gasteiger partial charge in [0.2, 0.25) is 5.88 Å². The monoisotopic (exact) mass is 223 g/mol. The van der Waals surface area contributed by atoms with Crippen molar-refractivity contribution in [3.05, 3.63) is 17.8 Å². The number of rotatable bonds is 3. The zero-order valence-electron chi connectivity index (χ0n) is 8.35. The molecule has 1 heterocycles. The molecule has 0 aromatic carbocycles. The summed E-state index contributed by atoms with van der Waals surface area (Å²) in [7, 11) is 0. The van der Waals surface area contributed by atoms with E-state index in [2.05, 4.69) is 10.2 Å². The van der Waals surface area contributed by atoms with Gasteiger partial charge in [0, 0.05) is 0 Å². The molecule has 1 saturated carbocycles. The second kappa shape index (κ2) is 4.53. The number of nitrogens with zero attached hydrogens (tertiary/aromatic N) is 2. The van der Waals surface area contributed by atoms with Crippen LogP contribution in [0.5, 0.6) is 5.88 Å². The number of hydrogen-bond donors (Lipinski definition) is 1. The van der Waals surface area contributed by atoms with E-state index < -0.39 is 0 Å². The maximum atomic E-state index is 5.73. The average molecular weight is 223 g/mol. The van der Waals surface area contributed by atoms with Crippen molar-refractivity contribution in [1.29, 1.82) is 0 Å². The summed E-state index contributed by atoms with van der Waals surface area (Å²) in [5.41, 5.74) is 6.25. The lowest BCUT2D eigenvalue weighted by Crippen LogP contribution is -2.18. The molecule has 15 heavy (non-hydrogen) atoms. The Kier molecular flexibility index (Phi) is 3.11. The first kappa shape index (κ1) is 10.3. The molecule has 0 saturated heterocycles. The molecule has 1 aliphatic rings. The van der Waals surface area contributed by atoms with Crippen LogP contribution in [0.25, 0.3) is 0 Å². The van der Waals surface area contributed by atoms with Gasteiger partial charge >= 0.3 is 0 Å². The maximum absolute atomic E-state index is 5.73. The van der Waals surface area contributed by atoms with Gasteiger partial charge in [-0.1, -0.05) is 12.2 Å². The first-order chi connectivity index (χ1) is 7.27. The molecule has 1 fully saturated rings. The molecule has 0 radical (unpaired) electrons. The number of nitrogens with two attached hydrogens (primary N) is 1. The van der Waals surface area contributed by atoms with Gasteiger partial charge in [0.1, 0.15) is 11.1 Å². The smallest absolute Gasteiger partial charge is 0.244 e. The Labute approximate surface area is 93.8 Å². The van der Waals surface area contributed by atoms with E-state index in [0.29, 0.717) is 16.4 Å². The highest BCUT2D eigenvalue weighted by Crippen LogP contribution is 2.24. The van der Waals surface area contributed by atoms with Crippen molar-refractivity contribution in [2.45, 2.75) is 31.8 Å². The Morgan fingerprint density at radius 3 is 2.87 bits per heavy atom. The van der Waals surface area contributed by atoms with Crippen LogP contribution in [0.2, 0.25) is 0 Å². The van der Waals surface area contributed by atoms with Crippen LogP contribution < -0.4 is 10.5 Å². The van der Waals surface area contributed by atoms with Gasteiger partial charge in [-0.15, -0.1) is 5.10 Å². The summed E-state index contributed by atoms with van der Waals surface area (Å²) >= 11 is 4.92. The molecule has 0 spiro atoms. The Balaban J connectivity index is 2.15. The fourth-order valence-electron chi connectivity index (χ4n) is 1.76. The molecule has 80 valence electrons. The van der Waals surface area contributed by atoms with Gasteiger partial charge in [-0.25, -0.2) is 0 Å². The van der Waals surface area contributed by atoms with Gasteiger partial charge in [0.25, 0.3) is 0 Å². The highest BCUT2D eigenvalue weighted by molar-refractivity contribution is 7.80. The largest absolute Gasteiger partial charge is 0.473 e. The Morgan fingerprint density at radius 1 is 1.47 bits per heavy atom. The molecular formula is C10H13N3OS. The third-order valence-electron chi connectivity index (χ3n) is 2.53. The lowest BCUT2D eigenvalue weighted by molar-refractivity contribution is 0.199. The minimum absolute atomic E-state index is 0.245. The number of thiocarbonyl (C=S) groups is 1. The SMILES string of the molecule is NC(=S)c1ccnnc1OC1CCCC1. The second-order valence-electron chi connectivity index (χ2n) is 3.64. The van der Waals surface area contributed by atoms with Crippen molar-refractivity contribution in [3.63, 3.8) is 0 Å². The predicted molar refractivity (Wildman–Crippen MR) is 60.8 cm³/mol. The molecule has 0 amide bonds. The highest BCUT2D eigenvalue weighted by atomic mass is 32.1. The lowest BCUT2D eigenvalue weighted by Gasteiger charge is -2.13. The Hall–Kier alpha value is -1.23. The molecule has 0 bridgehead atoms. The van der Waals surface area contributed by atoms with Gasteiger partial charge in [0.05, 0.1) is 11.8 Å². The molecule has 1 aromatic heterocycles. The zero-order valence-corrected chi connectivity index (χ0v) is 9.17. The Morgan fingerprint density at radius 2 is 2.20 bits per heavy atom. The number of ether oxygens (including phenoxy) is 1. The van der Waals surface area contributed by atoms with Crippen LogP contribution in [0, 0.1) is 0 Å². The molecular weight excluding hydrogens is 210 g/mol. The molecule has 2 N–H and O–H groups in total. The minimum atomic E-state index is 0.245. The van der Waals surface area contributed by atoms with Crippen molar-refractivity contribution in [2.24, 2.45) is 5.73 Å². The quantitative estimate of drug-likeness (QED) is 0.785. The van der Waals surface area contributed by atoms with Gasteiger partial charge < -0.3 is 10.5 Å². The van der Waals surface area contributed by atoms with Crippen molar-refractivity contribution >= 4 is 17.2 Å². The van der Waals surface area contributed by atoms with Crippen molar-refractivity contribution in [3.8, 4) is 5.88 Å². The zero-order chi connectivity index (χ0) is 10.7. The molecule has 1 aliphatic carbocycles. The molecule has 5 heteroatoms. The van der Waals surface area contributed by atoms with Gasteiger partial charge in [-0.05, 0) is 31.7 Å². The van der Waals surface area contributed by atoms with E-state index in [1.807, 2.05) is 0 Å². The third-order valence-corrected chi connectivity index (χ3v) is 2.75. The molecule has 0 aliphatic heterocycles. The topological polar surface area (TPSA) is 61.0 Å². The number of hydrogen-bond acceptors (Lipinski definition) is 4. The van der Waals surface area contributed by atoms with Crippen LogP contribution >= 0.6 is 12.2 Å². The summed E-state index contributed by atoms with van der Waals surface area (Å²) in [5.74, 6) is 0.469. The van der Waals surface area contributed by atoms with Gasteiger partial charge in [-0.3, -0.25) is 0 Å². The van der Waals surface area contributed by atoms with Crippen LogP contribution in [-0.4, -0.2) is 21.3 Å². The van der Waals surface area contributed by atoms with Crippen LogP contribution in [0.15, 0.2) is 12.3 Å². The summed E-state index contributed by atoms with van der Waals surface area (Å²) in [5, 5.41) is 7.70. The summed E-state index contributed by atoms with van der Waals surface area (Å²) in [6.07, 6.45) is 6.40. The standard InChI is InChI=1S/C10H13N3OS/c11-9(15)8-5-6-12-13-10(8)14-7-3-1-2-4-7/h5-7H,1-4H2,(H2,11,15). The van der Waals surface area contributed by atoms with Crippen LogP contribution in [0.3, 0.4) is 0 Å². The average Bonchev–Trinajstić information content (AvgIpc) is 2.71. The molecule has 0 unspecified atom stereocenters. The van der Waals surface area contributed by atoms with E-state index in [-0.39, 0.29) is 6.10 Å². The minimum Gasteiger partial charge on any atom is -0.473 e. The maximum Gasteiger partial charge on any atom is 0.244 e. The molecule has 4 nitrogen and oxygen atoms in total. The molecule has 0 atom stereocenters. The fraction of sp³-hybridized carbons (Fsp3) is 0.500.